The summed E-state index contributed by atoms with van der Waals surface area (Å²) >= 11 is 0. The maximum atomic E-state index is 12.3. The average molecular weight is 388 g/mol. The number of nitrogens with zero attached hydrogens (tertiary/aromatic N) is 5. The standard InChI is InChI=1S/C20H25N5O.ClH/c1-17-6-8-18(9-7-17)23-15-13-22(14-16-23)10-4-12-25-20(26)24-11-3-2-5-19(24)21-25;/h2-3,5-9,11H,4,10,12-16H2,1H3;1H. The van der Waals surface area contributed by atoms with E-state index in [1.807, 2.05) is 18.2 Å². The lowest BCUT2D eigenvalue weighted by molar-refractivity contribution is 0.248. The van der Waals surface area contributed by atoms with Crippen molar-refractivity contribution in [2.75, 3.05) is 37.6 Å². The first-order valence-corrected chi connectivity index (χ1v) is 9.29. The SMILES string of the molecule is Cc1ccc(N2CCN(CCCn3nc4ccccn4c3=O)CC2)cc1.Cl. The minimum absolute atomic E-state index is 0. The molecular weight excluding hydrogens is 362 g/mol. The molecule has 1 aromatic carbocycles. The van der Waals surface area contributed by atoms with Crippen LogP contribution in [0.1, 0.15) is 12.0 Å². The third kappa shape index (κ3) is 4.34. The summed E-state index contributed by atoms with van der Waals surface area (Å²) in [5, 5.41) is 4.39. The topological polar surface area (TPSA) is 45.8 Å². The van der Waals surface area contributed by atoms with Gasteiger partial charge in [-0.15, -0.1) is 17.5 Å². The number of aromatic nitrogens is 3. The van der Waals surface area contributed by atoms with Crippen molar-refractivity contribution in [3.8, 4) is 0 Å². The molecule has 1 fully saturated rings. The van der Waals surface area contributed by atoms with Gasteiger partial charge in [-0.05, 0) is 37.6 Å². The number of hydrogen-bond acceptors (Lipinski definition) is 4. The maximum Gasteiger partial charge on any atom is 0.350 e. The fourth-order valence-corrected chi connectivity index (χ4v) is 3.54. The number of pyridine rings is 1. The van der Waals surface area contributed by atoms with Gasteiger partial charge < -0.3 is 4.90 Å². The molecular formula is C20H26ClN5O. The number of aryl methyl sites for hydroxylation is 2. The molecule has 6 nitrogen and oxygen atoms in total. The highest BCUT2D eigenvalue weighted by atomic mass is 35.5. The molecule has 0 aliphatic carbocycles. The lowest BCUT2D eigenvalue weighted by Crippen LogP contribution is -2.46. The highest BCUT2D eigenvalue weighted by Crippen LogP contribution is 2.17. The summed E-state index contributed by atoms with van der Waals surface area (Å²) in [6.07, 6.45) is 2.71. The molecule has 4 rings (SSSR count). The molecule has 144 valence electrons. The van der Waals surface area contributed by atoms with E-state index in [0.717, 1.165) is 39.1 Å². The fourth-order valence-electron chi connectivity index (χ4n) is 3.54. The van der Waals surface area contributed by atoms with E-state index in [9.17, 15) is 4.79 Å². The van der Waals surface area contributed by atoms with E-state index in [2.05, 4.69) is 46.1 Å². The van der Waals surface area contributed by atoms with Crippen molar-refractivity contribution >= 4 is 23.7 Å². The quantitative estimate of drug-likeness (QED) is 0.674. The van der Waals surface area contributed by atoms with Gasteiger partial charge in [-0.1, -0.05) is 23.8 Å². The third-order valence-electron chi connectivity index (χ3n) is 5.10. The Kier molecular flexibility index (Phi) is 6.19. The van der Waals surface area contributed by atoms with Crippen molar-refractivity contribution in [2.45, 2.75) is 19.9 Å². The molecule has 0 amide bonds. The van der Waals surface area contributed by atoms with E-state index < -0.39 is 0 Å². The summed E-state index contributed by atoms with van der Waals surface area (Å²) in [4.78, 5) is 17.2. The Morgan fingerprint density at radius 1 is 0.963 bits per heavy atom. The average Bonchev–Trinajstić information content (AvgIpc) is 2.99. The zero-order valence-corrected chi connectivity index (χ0v) is 16.4. The van der Waals surface area contributed by atoms with Crippen molar-refractivity contribution in [1.29, 1.82) is 0 Å². The zero-order chi connectivity index (χ0) is 17.9. The molecule has 1 aliphatic heterocycles. The Balaban J connectivity index is 0.00000210. The van der Waals surface area contributed by atoms with Gasteiger partial charge in [0.05, 0.1) is 0 Å². The van der Waals surface area contributed by atoms with Crippen LogP contribution in [0.3, 0.4) is 0 Å². The van der Waals surface area contributed by atoms with Crippen LogP contribution in [0.25, 0.3) is 5.65 Å². The smallest absolute Gasteiger partial charge is 0.350 e. The Morgan fingerprint density at radius 2 is 1.70 bits per heavy atom. The molecule has 7 heteroatoms. The van der Waals surface area contributed by atoms with Gasteiger partial charge >= 0.3 is 5.69 Å². The van der Waals surface area contributed by atoms with Crippen molar-refractivity contribution in [1.82, 2.24) is 19.1 Å². The van der Waals surface area contributed by atoms with Crippen LogP contribution >= 0.6 is 12.4 Å². The van der Waals surface area contributed by atoms with Gasteiger partial charge in [0, 0.05) is 51.2 Å². The van der Waals surface area contributed by atoms with Gasteiger partial charge in [-0.25, -0.2) is 9.48 Å². The molecule has 27 heavy (non-hydrogen) atoms. The number of piperazine rings is 1. The summed E-state index contributed by atoms with van der Waals surface area (Å²) < 4.78 is 3.18. The minimum atomic E-state index is -0.0511. The van der Waals surface area contributed by atoms with Gasteiger partial charge in [0.15, 0.2) is 5.65 Å². The van der Waals surface area contributed by atoms with Crippen molar-refractivity contribution in [3.63, 3.8) is 0 Å². The summed E-state index contributed by atoms with van der Waals surface area (Å²) in [7, 11) is 0. The van der Waals surface area contributed by atoms with Crippen LogP contribution in [0.5, 0.6) is 0 Å². The highest BCUT2D eigenvalue weighted by molar-refractivity contribution is 5.85. The van der Waals surface area contributed by atoms with E-state index in [4.69, 9.17) is 0 Å². The van der Waals surface area contributed by atoms with Crippen LogP contribution in [0.15, 0.2) is 53.5 Å². The van der Waals surface area contributed by atoms with Crippen LogP contribution < -0.4 is 10.6 Å². The Morgan fingerprint density at radius 3 is 2.41 bits per heavy atom. The molecule has 0 bridgehead atoms. The largest absolute Gasteiger partial charge is 0.369 e. The second kappa shape index (κ2) is 8.59. The second-order valence-corrected chi connectivity index (χ2v) is 6.95. The molecule has 1 saturated heterocycles. The fraction of sp³-hybridized carbons (Fsp3) is 0.400. The molecule has 0 N–H and O–H groups in total. The van der Waals surface area contributed by atoms with Crippen molar-refractivity contribution < 1.29 is 0 Å². The summed E-state index contributed by atoms with van der Waals surface area (Å²) in [5.41, 5.74) is 3.27. The van der Waals surface area contributed by atoms with Crippen molar-refractivity contribution in [2.24, 2.45) is 0 Å². The van der Waals surface area contributed by atoms with Gasteiger partial charge in [0.2, 0.25) is 0 Å². The van der Waals surface area contributed by atoms with E-state index in [-0.39, 0.29) is 18.1 Å². The van der Waals surface area contributed by atoms with Crippen LogP contribution in [0, 0.1) is 6.92 Å². The number of anilines is 1. The third-order valence-corrected chi connectivity index (χ3v) is 5.10. The molecule has 2 aromatic heterocycles. The Bertz CT molecular complexity index is 925. The molecule has 3 aromatic rings. The minimum Gasteiger partial charge on any atom is -0.369 e. The first-order valence-electron chi connectivity index (χ1n) is 9.29. The first kappa shape index (κ1) is 19.5. The normalized spacial score (nSPS) is 15.1. The van der Waals surface area contributed by atoms with E-state index in [1.54, 1.807) is 15.3 Å². The number of halogens is 1. The van der Waals surface area contributed by atoms with Gasteiger partial charge in [-0.2, -0.15) is 0 Å². The van der Waals surface area contributed by atoms with Gasteiger partial charge in [0.25, 0.3) is 0 Å². The number of fused-ring (bicyclic) bond motifs is 1. The van der Waals surface area contributed by atoms with Crippen LogP contribution in [0.2, 0.25) is 0 Å². The lowest BCUT2D eigenvalue weighted by atomic mass is 10.2. The van der Waals surface area contributed by atoms with Gasteiger partial charge in [-0.3, -0.25) is 9.30 Å². The summed E-state index contributed by atoms with van der Waals surface area (Å²) in [6, 6.07) is 14.4. The van der Waals surface area contributed by atoms with E-state index >= 15 is 0 Å². The highest BCUT2D eigenvalue weighted by Gasteiger charge is 2.17. The number of hydrogen-bond donors (Lipinski definition) is 0. The molecule has 0 unspecified atom stereocenters. The van der Waals surface area contributed by atoms with E-state index in [0.29, 0.717) is 12.2 Å². The predicted octanol–water partition coefficient (Wildman–Crippen LogP) is 2.44. The number of benzene rings is 1. The molecule has 0 spiro atoms. The molecule has 0 radical (unpaired) electrons. The predicted molar refractivity (Wildman–Crippen MR) is 111 cm³/mol. The van der Waals surface area contributed by atoms with Crippen LogP contribution in [0.4, 0.5) is 5.69 Å². The van der Waals surface area contributed by atoms with Crippen LogP contribution in [-0.2, 0) is 6.54 Å². The Hall–Kier alpha value is -2.31. The summed E-state index contributed by atoms with van der Waals surface area (Å²) in [5.74, 6) is 0. The zero-order valence-electron chi connectivity index (χ0n) is 15.6. The number of rotatable bonds is 5. The van der Waals surface area contributed by atoms with Crippen molar-refractivity contribution in [3.05, 3.63) is 64.7 Å². The molecule has 0 atom stereocenters. The molecule has 3 heterocycles. The first-order chi connectivity index (χ1) is 12.7. The van der Waals surface area contributed by atoms with Gasteiger partial charge in [0.1, 0.15) is 0 Å². The lowest BCUT2D eigenvalue weighted by Gasteiger charge is -2.36. The van der Waals surface area contributed by atoms with E-state index in [1.165, 1.54) is 11.3 Å². The summed E-state index contributed by atoms with van der Waals surface area (Å²) in [6.45, 7) is 8.02. The van der Waals surface area contributed by atoms with Crippen LogP contribution in [-0.4, -0.2) is 51.8 Å². The Labute approximate surface area is 165 Å². The molecule has 1 aliphatic rings. The monoisotopic (exact) mass is 387 g/mol. The maximum absolute atomic E-state index is 12.3. The second-order valence-electron chi connectivity index (χ2n) is 6.95. The molecule has 0 saturated carbocycles.